The summed E-state index contributed by atoms with van der Waals surface area (Å²) in [5, 5.41) is 10.2. The first-order valence-corrected chi connectivity index (χ1v) is 11.9. The van der Waals surface area contributed by atoms with Gasteiger partial charge in [0.2, 0.25) is 11.7 Å². The van der Waals surface area contributed by atoms with Gasteiger partial charge in [-0.05, 0) is 66.9 Å². The van der Waals surface area contributed by atoms with Crippen molar-refractivity contribution in [2.75, 3.05) is 25.6 Å². The molecule has 0 saturated carbocycles. The number of nitrogens with zero attached hydrogens (tertiary/aromatic N) is 2. The molecule has 1 aliphatic heterocycles. The Morgan fingerprint density at radius 2 is 1.83 bits per heavy atom. The normalized spacial score (nSPS) is 14.7. The number of amides is 1. The molecule has 1 aliphatic rings. The van der Waals surface area contributed by atoms with E-state index in [2.05, 4.69) is 20.8 Å². The number of carbonyl (C=O) groups is 1. The Morgan fingerprint density at radius 1 is 1.06 bits per heavy atom. The Balaban J connectivity index is 1.28. The molecule has 1 fully saturated rings. The third-order valence-corrected chi connectivity index (χ3v) is 6.26. The third kappa shape index (κ3) is 5.08. The Labute approximate surface area is 209 Å². The number of nitrogens with one attached hydrogen (secondary N) is 2. The summed E-state index contributed by atoms with van der Waals surface area (Å²) in [7, 11) is 1.60. The lowest BCUT2D eigenvalue weighted by atomic mass is 9.97. The van der Waals surface area contributed by atoms with E-state index >= 15 is 0 Å². The first-order chi connectivity index (χ1) is 17.5. The van der Waals surface area contributed by atoms with E-state index in [9.17, 15) is 4.79 Å². The number of rotatable bonds is 8. The first kappa shape index (κ1) is 23.6. The monoisotopic (exact) mass is 484 g/mol. The summed E-state index contributed by atoms with van der Waals surface area (Å²) in [6.07, 6.45) is 1.09. The van der Waals surface area contributed by atoms with Gasteiger partial charge in [0.15, 0.2) is 11.5 Å². The standard InChI is InChI=1S/C28H28N4O4/c1-17-14-21(27-30-18(2)36-32-27)8-10-24(17)19-4-6-20(7-5-19)28(33)31-22-9-11-25(34-3)26(15-22)35-16-23-12-13-29-23/h4-11,14-15,23,29H,12-13,16H2,1-3H3,(H,31,33). The van der Waals surface area contributed by atoms with Crippen LogP contribution in [0, 0.1) is 13.8 Å². The number of carbonyl (C=O) groups excluding carboxylic acids is 1. The lowest BCUT2D eigenvalue weighted by Gasteiger charge is -2.27. The molecule has 0 bridgehead atoms. The highest BCUT2D eigenvalue weighted by Crippen LogP contribution is 2.31. The second kappa shape index (κ2) is 10.2. The van der Waals surface area contributed by atoms with Crippen LogP contribution in [-0.4, -0.2) is 42.4 Å². The van der Waals surface area contributed by atoms with Crippen molar-refractivity contribution < 1.29 is 18.8 Å². The van der Waals surface area contributed by atoms with E-state index in [4.69, 9.17) is 14.0 Å². The molecular formula is C28H28N4O4. The first-order valence-electron chi connectivity index (χ1n) is 11.9. The summed E-state index contributed by atoms with van der Waals surface area (Å²) >= 11 is 0. The maximum Gasteiger partial charge on any atom is 0.255 e. The molecule has 184 valence electrons. The molecule has 1 atom stereocenters. The molecule has 5 rings (SSSR count). The molecule has 0 aliphatic carbocycles. The zero-order valence-electron chi connectivity index (χ0n) is 20.5. The summed E-state index contributed by atoms with van der Waals surface area (Å²) in [6, 6.07) is 19.3. The highest BCUT2D eigenvalue weighted by atomic mass is 16.5. The van der Waals surface area contributed by atoms with Gasteiger partial charge in [0.1, 0.15) is 6.61 Å². The third-order valence-electron chi connectivity index (χ3n) is 6.26. The Kier molecular flexibility index (Phi) is 6.69. The second-order valence-corrected chi connectivity index (χ2v) is 8.81. The van der Waals surface area contributed by atoms with Crippen LogP contribution in [0.5, 0.6) is 11.5 Å². The molecule has 1 saturated heterocycles. The number of anilines is 1. The lowest BCUT2D eigenvalue weighted by molar-refractivity contribution is 0.102. The van der Waals surface area contributed by atoms with Gasteiger partial charge in [0.05, 0.1) is 7.11 Å². The number of hydrogen-bond donors (Lipinski definition) is 2. The van der Waals surface area contributed by atoms with E-state index in [0.717, 1.165) is 35.2 Å². The number of aryl methyl sites for hydroxylation is 2. The fourth-order valence-electron chi connectivity index (χ4n) is 4.10. The van der Waals surface area contributed by atoms with Crippen LogP contribution in [0.4, 0.5) is 5.69 Å². The Bertz CT molecular complexity index is 1380. The molecule has 2 heterocycles. The van der Waals surface area contributed by atoms with E-state index in [1.54, 1.807) is 32.2 Å². The van der Waals surface area contributed by atoms with Gasteiger partial charge in [0, 0.05) is 35.8 Å². The average molecular weight is 485 g/mol. The van der Waals surface area contributed by atoms with Crippen molar-refractivity contribution in [3.05, 3.63) is 77.7 Å². The van der Waals surface area contributed by atoms with Crippen molar-refractivity contribution in [2.24, 2.45) is 0 Å². The van der Waals surface area contributed by atoms with E-state index < -0.39 is 0 Å². The minimum absolute atomic E-state index is 0.196. The maximum absolute atomic E-state index is 12.9. The average Bonchev–Trinajstić information content (AvgIpc) is 3.29. The topological polar surface area (TPSA) is 98.5 Å². The Morgan fingerprint density at radius 3 is 2.47 bits per heavy atom. The van der Waals surface area contributed by atoms with Crippen molar-refractivity contribution in [1.82, 2.24) is 15.5 Å². The van der Waals surface area contributed by atoms with Crippen molar-refractivity contribution in [3.8, 4) is 34.0 Å². The molecule has 8 nitrogen and oxygen atoms in total. The predicted molar refractivity (Wildman–Crippen MR) is 137 cm³/mol. The molecule has 0 spiro atoms. The number of ether oxygens (including phenoxy) is 2. The number of methoxy groups -OCH3 is 1. The molecular weight excluding hydrogens is 456 g/mol. The quantitative estimate of drug-likeness (QED) is 0.362. The Hall–Kier alpha value is -4.17. The predicted octanol–water partition coefficient (Wildman–Crippen LogP) is 5.02. The van der Waals surface area contributed by atoms with Crippen molar-refractivity contribution in [1.29, 1.82) is 0 Å². The summed E-state index contributed by atoms with van der Waals surface area (Å²) in [5.74, 6) is 2.14. The highest BCUT2D eigenvalue weighted by Gasteiger charge is 2.18. The van der Waals surface area contributed by atoms with Crippen LogP contribution in [0.15, 0.2) is 65.2 Å². The second-order valence-electron chi connectivity index (χ2n) is 8.81. The molecule has 3 aromatic carbocycles. The SMILES string of the molecule is COc1ccc(NC(=O)c2ccc(-c3ccc(-c4noc(C)n4)cc3C)cc2)cc1OCC1CCN1. The zero-order chi connectivity index (χ0) is 25.1. The largest absolute Gasteiger partial charge is 0.493 e. The van der Waals surface area contributed by atoms with Gasteiger partial charge in [-0.1, -0.05) is 29.4 Å². The molecule has 36 heavy (non-hydrogen) atoms. The fourth-order valence-corrected chi connectivity index (χ4v) is 4.10. The van der Waals surface area contributed by atoms with Crippen LogP contribution in [0.2, 0.25) is 0 Å². The van der Waals surface area contributed by atoms with E-state index in [-0.39, 0.29) is 5.91 Å². The molecule has 2 N–H and O–H groups in total. The van der Waals surface area contributed by atoms with Crippen LogP contribution < -0.4 is 20.1 Å². The van der Waals surface area contributed by atoms with Gasteiger partial charge in [-0.15, -0.1) is 0 Å². The van der Waals surface area contributed by atoms with Crippen molar-refractivity contribution >= 4 is 11.6 Å². The van der Waals surface area contributed by atoms with Crippen molar-refractivity contribution in [3.63, 3.8) is 0 Å². The number of benzene rings is 3. The fraction of sp³-hybridized carbons (Fsp3) is 0.250. The molecule has 8 heteroatoms. The van der Waals surface area contributed by atoms with Crippen LogP contribution in [0.3, 0.4) is 0 Å². The van der Waals surface area contributed by atoms with Crippen LogP contribution >= 0.6 is 0 Å². The van der Waals surface area contributed by atoms with Gasteiger partial charge in [-0.2, -0.15) is 4.98 Å². The summed E-state index contributed by atoms with van der Waals surface area (Å²) in [5.41, 5.74) is 5.27. The number of hydrogen-bond acceptors (Lipinski definition) is 7. The van der Waals surface area contributed by atoms with Crippen LogP contribution in [-0.2, 0) is 0 Å². The van der Waals surface area contributed by atoms with E-state index in [1.807, 2.05) is 49.4 Å². The lowest BCUT2D eigenvalue weighted by Crippen LogP contribution is -2.46. The smallest absolute Gasteiger partial charge is 0.255 e. The van der Waals surface area contributed by atoms with E-state index in [1.165, 1.54) is 0 Å². The van der Waals surface area contributed by atoms with Gasteiger partial charge in [-0.3, -0.25) is 4.79 Å². The minimum Gasteiger partial charge on any atom is -0.493 e. The molecule has 1 aromatic heterocycles. The van der Waals surface area contributed by atoms with Crippen LogP contribution in [0.1, 0.15) is 28.2 Å². The van der Waals surface area contributed by atoms with Gasteiger partial charge >= 0.3 is 0 Å². The summed E-state index contributed by atoms with van der Waals surface area (Å²) in [6.45, 7) is 5.39. The van der Waals surface area contributed by atoms with Gasteiger partial charge < -0.3 is 24.6 Å². The van der Waals surface area contributed by atoms with Crippen LogP contribution in [0.25, 0.3) is 22.5 Å². The van der Waals surface area contributed by atoms with E-state index in [0.29, 0.717) is 47.1 Å². The summed E-state index contributed by atoms with van der Waals surface area (Å²) in [4.78, 5) is 17.2. The highest BCUT2D eigenvalue weighted by molar-refractivity contribution is 6.04. The number of aromatic nitrogens is 2. The molecule has 4 aromatic rings. The molecule has 1 amide bonds. The molecule has 1 unspecified atom stereocenters. The summed E-state index contributed by atoms with van der Waals surface area (Å²) < 4.78 is 16.4. The minimum atomic E-state index is -0.196. The van der Waals surface area contributed by atoms with Crippen molar-refractivity contribution in [2.45, 2.75) is 26.3 Å². The van der Waals surface area contributed by atoms with Gasteiger partial charge in [0.25, 0.3) is 5.91 Å². The zero-order valence-corrected chi connectivity index (χ0v) is 20.5. The molecule has 0 radical (unpaired) electrons. The maximum atomic E-state index is 12.9. The van der Waals surface area contributed by atoms with Gasteiger partial charge in [-0.25, -0.2) is 0 Å².